The Hall–Kier alpha value is -3.46. The first kappa shape index (κ1) is 20.8. The van der Waals surface area contributed by atoms with Crippen LogP contribution >= 0.6 is 11.8 Å². The van der Waals surface area contributed by atoms with Crippen molar-refractivity contribution in [3.05, 3.63) is 54.1 Å². The molecule has 1 aliphatic rings. The van der Waals surface area contributed by atoms with Crippen LogP contribution < -0.4 is 19.4 Å². The first-order valence-corrected chi connectivity index (χ1v) is 10.7. The third-order valence-electron chi connectivity index (χ3n) is 4.77. The van der Waals surface area contributed by atoms with Gasteiger partial charge in [-0.1, -0.05) is 35.5 Å². The Morgan fingerprint density at radius 2 is 1.87 bits per heavy atom. The highest BCUT2D eigenvalue weighted by atomic mass is 32.2. The monoisotopic (exact) mass is 436 g/mol. The Kier molecular flexibility index (Phi) is 5.60. The van der Waals surface area contributed by atoms with E-state index in [1.807, 2.05) is 19.1 Å². The van der Waals surface area contributed by atoms with E-state index in [1.165, 1.54) is 25.6 Å². The summed E-state index contributed by atoms with van der Waals surface area (Å²) in [4.78, 5) is 29.8. The Labute approximate surface area is 183 Å². The van der Waals surface area contributed by atoms with E-state index in [9.17, 15) is 14.7 Å². The molecule has 0 N–H and O–H groups in total. The van der Waals surface area contributed by atoms with E-state index in [2.05, 4.69) is 10.1 Å². The highest BCUT2D eigenvalue weighted by Gasteiger charge is 2.43. The van der Waals surface area contributed by atoms with Gasteiger partial charge in [-0.15, -0.1) is 0 Å². The Bertz CT molecular complexity index is 1170. The Morgan fingerprint density at radius 1 is 1.16 bits per heavy atom. The molecule has 1 aliphatic heterocycles. The van der Waals surface area contributed by atoms with Crippen LogP contribution in [0.4, 0.5) is 5.69 Å². The minimum absolute atomic E-state index is 0.199. The largest absolute Gasteiger partial charge is 0.854 e. The van der Waals surface area contributed by atoms with Gasteiger partial charge in [-0.2, -0.15) is 0 Å². The molecular formula is C22H20N4O4S. The second kappa shape index (κ2) is 8.35. The predicted octanol–water partition coefficient (Wildman–Crippen LogP) is 2.46. The minimum atomic E-state index is -0.694. The van der Waals surface area contributed by atoms with E-state index in [1.54, 1.807) is 46.0 Å². The molecule has 0 aliphatic carbocycles. The summed E-state index contributed by atoms with van der Waals surface area (Å²) in [6, 6.07) is 14.0. The summed E-state index contributed by atoms with van der Waals surface area (Å²) < 4.78 is 6.69. The number of thioether (sulfide) groups is 1. The highest BCUT2D eigenvalue weighted by molar-refractivity contribution is 7.99. The molecular weight excluding hydrogens is 416 g/mol. The fourth-order valence-corrected chi connectivity index (χ4v) is 4.19. The number of aromatic nitrogens is 3. The number of ether oxygens (including phenoxy) is 1. The number of carbonyl (C=O) groups is 2. The fraction of sp³-hybridized carbons (Fsp3) is 0.227. The summed E-state index contributed by atoms with van der Waals surface area (Å²) in [5, 5.41) is 18.0. The maximum Gasteiger partial charge on any atom is 0.308 e. The van der Waals surface area contributed by atoms with Crippen molar-refractivity contribution in [2.24, 2.45) is 0 Å². The SMILES string of the molecule is CCSc1nc([O-])c2[n+](n1)C(c1ccc(OC(C)=O)cc1)N(C(C)=O)c1ccccc1-2. The van der Waals surface area contributed by atoms with Gasteiger partial charge in [-0.05, 0) is 42.2 Å². The quantitative estimate of drug-likeness (QED) is 0.268. The number of para-hydroxylation sites is 1. The molecule has 9 heteroatoms. The number of anilines is 1. The zero-order valence-electron chi connectivity index (χ0n) is 17.2. The van der Waals surface area contributed by atoms with Crippen molar-refractivity contribution < 1.29 is 24.1 Å². The van der Waals surface area contributed by atoms with Gasteiger partial charge in [-0.25, -0.2) is 9.88 Å². The van der Waals surface area contributed by atoms with Gasteiger partial charge in [0.1, 0.15) is 5.75 Å². The molecule has 1 unspecified atom stereocenters. The second-order valence-corrected chi connectivity index (χ2v) is 8.10. The molecule has 1 aromatic heterocycles. The van der Waals surface area contributed by atoms with E-state index in [0.717, 1.165) is 0 Å². The molecule has 8 nitrogen and oxygen atoms in total. The molecule has 2 heterocycles. The van der Waals surface area contributed by atoms with Crippen LogP contribution in [-0.2, 0) is 9.59 Å². The van der Waals surface area contributed by atoms with Gasteiger partial charge in [0.05, 0.1) is 17.1 Å². The molecule has 2 aromatic carbocycles. The van der Waals surface area contributed by atoms with Gasteiger partial charge >= 0.3 is 5.97 Å². The van der Waals surface area contributed by atoms with Crippen LogP contribution in [0.5, 0.6) is 11.6 Å². The van der Waals surface area contributed by atoms with Crippen molar-refractivity contribution in [1.82, 2.24) is 10.1 Å². The van der Waals surface area contributed by atoms with Crippen molar-refractivity contribution in [2.45, 2.75) is 32.1 Å². The molecule has 0 saturated heterocycles. The number of amides is 1. The van der Waals surface area contributed by atoms with E-state index in [4.69, 9.17) is 4.74 Å². The topological polar surface area (TPSA) is 99.3 Å². The number of rotatable bonds is 4. The van der Waals surface area contributed by atoms with Gasteiger partial charge in [0.15, 0.2) is 0 Å². The third-order valence-corrected chi connectivity index (χ3v) is 5.49. The third kappa shape index (κ3) is 3.84. The van der Waals surface area contributed by atoms with Crippen LogP contribution in [0.2, 0.25) is 0 Å². The fourth-order valence-electron chi connectivity index (χ4n) is 3.64. The smallest absolute Gasteiger partial charge is 0.308 e. The maximum atomic E-state index is 13.0. The molecule has 0 radical (unpaired) electrons. The van der Waals surface area contributed by atoms with E-state index < -0.39 is 18.0 Å². The van der Waals surface area contributed by atoms with Gasteiger partial charge in [0.2, 0.25) is 5.91 Å². The van der Waals surface area contributed by atoms with Crippen LogP contribution in [0.25, 0.3) is 11.3 Å². The van der Waals surface area contributed by atoms with Gasteiger partial charge in [-0.3, -0.25) is 9.59 Å². The molecule has 3 aromatic rings. The van der Waals surface area contributed by atoms with Crippen molar-refractivity contribution in [2.75, 3.05) is 10.7 Å². The van der Waals surface area contributed by atoms with Gasteiger partial charge in [0, 0.05) is 24.5 Å². The van der Waals surface area contributed by atoms with Crippen molar-refractivity contribution in [3.63, 3.8) is 0 Å². The number of carbonyl (C=O) groups excluding carboxylic acids is 2. The number of esters is 1. The lowest BCUT2D eigenvalue weighted by atomic mass is 10.0. The lowest BCUT2D eigenvalue weighted by molar-refractivity contribution is -0.764. The van der Waals surface area contributed by atoms with E-state index >= 15 is 0 Å². The van der Waals surface area contributed by atoms with Crippen LogP contribution in [-0.4, -0.2) is 27.7 Å². The maximum absolute atomic E-state index is 13.0. The molecule has 0 spiro atoms. The summed E-state index contributed by atoms with van der Waals surface area (Å²) >= 11 is 1.36. The average molecular weight is 436 g/mol. The number of fused-ring (bicyclic) bond motifs is 3. The first-order chi connectivity index (χ1) is 14.9. The molecule has 0 bridgehead atoms. The predicted molar refractivity (Wildman–Crippen MR) is 113 cm³/mol. The normalized spacial score (nSPS) is 14.5. The number of hydrogen-bond acceptors (Lipinski definition) is 7. The van der Waals surface area contributed by atoms with Crippen LogP contribution in [0, 0.1) is 0 Å². The Balaban J connectivity index is 1.95. The highest BCUT2D eigenvalue weighted by Crippen LogP contribution is 2.40. The molecule has 1 atom stereocenters. The summed E-state index contributed by atoms with van der Waals surface area (Å²) in [5.74, 6) is 0.0718. The van der Waals surface area contributed by atoms with Crippen LogP contribution in [0.3, 0.4) is 0 Å². The summed E-state index contributed by atoms with van der Waals surface area (Å²) in [7, 11) is 0. The van der Waals surface area contributed by atoms with Gasteiger partial charge in [0.25, 0.3) is 17.0 Å². The van der Waals surface area contributed by atoms with Crippen molar-refractivity contribution in [3.8, 4) is 22.9 Å². The molecule has 158 valence electrons. The minimum Gasteiger partial charge on any atom is -0.854 e. The lowest BCUT2D eigenvalue weighted by Gasteiger charge is -2.32. The first-order valence-electron chi connectivity index (χ1n) is 9.72. The van der Waals surface area contributed by atoms with Crippen LogP contribution in [0.15, 0.2) is 53.7 Å². The molecule has 4 rings (SSSR count). The van der Waals surface area contributed by atoms with Crippen molar-refractivity contribution in [1.29, 1.82) is 0 Å². The van der Waals surface area contributed by atoms with Crippen molar-refractivity contribution >= 4 is 29.3 Å². The second-order valence-electron chi connectivity index (χ2n) is 6.87. The van der Waals surface area contributed by atoms with Crippen LogP contribution in [0.1, 0.15) is 32.5 Å². The number of hydrogen-bond donors (Lipinski definition) is 0. The number of nitrogens with zero attached hydrogens (tertiary/aromatic N) is 4. The summed E-state index contributed by atoms with van der Waals surface area (Å²) in [5.41, 5.74) is 2.24. The summed E-state index contributed by atoms with van der Waals surface area (Å²) in [6.07, 6.45) is -0.694. The molecule has 1 amide bonds. The van der Waals surface area contributed by atoms with Gasteiger partial charge < -0.3 is 9.84 Å². The average Bonchev–Trinajstić information content (AvgIpc) is 2.73. The zero-order chi connectivity index (χ0) is 22.1. The summed E-state index contributed by atoms with van der Waals surface area (Å²) in [6.45, 7) is 4.75. The van der Waals surface area contributed by atoms with E-state index in [0.29, 0.717) is 39.2 Å². The Morgan fingerprint density at radius 3 is 2.52 bits per heavy atom. The molecule has 31 heavy (non-hydrogen) atoms. The lowest BCUT2D eigenvalue weighted by Crippen LogP contribution is -2.58. The van der Waals surface area contributed by atoms with E-state index in [-0.39, 0.29) is 5.91 Å². The number of benzene rings is 2. The molecule has 0 fully saturated rings. The zero-order valence-corrected chi connectivity index (χ0v) is 18.0. The molecule has 0 saturated carbocycles. The standard InChI is InChI=1S/C22H20N4O4S/c1-4-31-22-23-20(29)19-17-7-5-6-8-18(17)25(13(2)27)21(26(19)24-22)15-9-11-16(12-10-15)30-14(3)28/h5-12,21H,4H2,1-3H3.